The van der Waals surface area contributed by atoms with Crippen molar-refractivity contribution in [2.75, 3.05) is 4.30 Å². The molecule has 2 rings (SSSR count). The number of rotatable bonds is 3. The van der Waals surface area contributed by atoms with Crippen LogP contribution in [-0.4, -0.2) is 28.8 Å². The van der Waals surface area contributed by atoms with Gasteiger partial charge in [-0.2, -0.15) is 0 Å². The zero-order valence-electron chi connectivity index (χ0n) is 9.52. The van der Waals surface area contributed by atoms with Gasteiger partial charge in [-0.15, -0.1) is 0 Å². The predicted molar refractivity (Wildman–Crippen MR) is 70.3 cm³/mol. The average molecular weight is 228 g/mol. The third kappa shape index (κ3) is 3.10. The molecule has 0 unspecified atom stereocenters. The van der Waals surface area contributed by atoms with Crippen molar-refractivity contribution in [2.45, 2.75) is 38.1 Å². The highest BCUT2D eigenvalue weighted by Gasteiger charge is 2.10. The van der Waals surface area contributed by atoms with Crippen molar-refractivity contribution in [1.29, 1.82) is 0 Å². The molecule has 1 aromatic rings. The summed E-state index contributed by atoms with van der Waals surface area (Å²) < 4.78 is 3.11. The number of para-hydroxylation sites is 1. The van der Waals surface area contributed by atoms with Crippen molar-refractivity contribution in [3.8, 4) is 0 Å². The largest absolute Gasteiger partial charge is 0.491 e. The number of nitrogens with zero attached hydrogens (tertiary/aromatic N) is 1. The molecule has 0 amide bonds. The van der Waals surface area contributed by atoms with Crippen LogP contribution in [0.3, 0.4) is 0 Å². The van der Waals surface area contributed by atoms with Crippen LogP contribution in [0, 0.1) is 0 Å². The Hall–Kier alpha value is -0.778. The molecule has 0 saturated heterocycles. The van der Waals surface area contributed by atoms with Crippen molar-refractivity contribution >= 4 is 28.4 Å². The van der Waals surface area contributed by atoms with Gasteiger partial charge in [-0.1, -0.05) is 37.5 Å². The van der Waals surface area contributed by atoms with E-state index in [2.05, 4.69) is 37.9 Å². The topological polar surface area (TPSA) is 24.4 Å². The number of anilines is 1. The van der Waals surface area contributed by atoms with Crippen molar-refractivity contribution < 1.29 is 0 Å². The lowest BCUT2D eigenvalue weighted by atomic mass is 9.96. The summed E-state index contributed by atoms with van der Waals surface area (Å²) >= 11 is 2.53. The predicted octanol–water partition coefficient (Wildman–Crippen LogP) is 2.93. The minimum Gasteiger partial charge on any atom is -0.491 e. The van der Waals surface area contributed by atoms with Gasteiger partial charge in [0, 0.05) is 23.5 Å². The van der Waals surface area contributed by atoms with E-state index in [0.29, 0.717) is 6.04 Å². The molecule has 2 nitrogen and oxygen atoms in total. The summed E-state index contributed by atoms with van der Waals surface area (Å²) in [4.78, 5) is 4.69. The van der Waals surface area contributed by atoms with E-state index < -0.39 is 0 Å². The molecule has 16 heavy (non-hydrogen) atoms. The van der Waals surface area contributed by atoms with Crippen LogP contribution in [0.1, 0.15) is 37.7 Å². The lowest BCUT2D eigenvalue weighted by Gasteiger charge is -2.17. The Labute approximate surface area is 106 Å². The highest BCUT2D eigenvalue weighted by atomic mass is 27.1. The molecule has 1 fully saturated rings. The molecular weight excluding hydrogens is 211 g/mol. The first-order chi connectivity index (χ1) is 7.90. The van der Waals surface area contributed by atoms with Gasteiger partial charge in [-0.05, 0) is 18.9 Å². The van der Waals surface area contributed by atoms with E-state index in [1.165, 1.54) is 37.7 Å². The zero-order valence-corrected chi connectivity index (χ0v) is 10.7. The first-order valence-electron chi connectivity index (χ1n) is 5.99. The Kier molecular flexibility index (Phi) is 4.45. The Morgan fingerprint density at radius 3 is 2.69 bits per heavy atom. The Morgan fingerprint density at radius 1 is 1.19 bits per heavy atom. The van der Waals surface area contributed by atoms with E-state index in [1.54, 1.807) is 0 Å². The van der Waals surface area contributed by atoms with E-state index in [4.69, 9.17) is 0 Å². The fourth-order valence-electron chi connectivity index (χ4n) is 2.16. The molecule has 1 saturated carbocycles. The normalized spacial score (nSPS) is 17.8. The van der Waals surface area contributed by atoms with Crippen molar-refractivity contribution in [2.24, 2.45) is 4.99 Å². The van der Waals surface area contributed by atoms with Gasteiger partial charge in [0.1, 0.15) is 0 Å². The van der Waals surface area contributed by atoms with Gasteiger partial charge in [0.2, 0.25) is 0 Å². The molecule has 82 valence electrons. The van der Waals surface area contributed by atoms with Crippen LogP contribution in [0.5, 0.6) is 0 Å². The number of hydrogen-bond acceptors (Lipinski definition) is 2. The molecule has 0 bridgehead atoms. The first kappa shape index (κ1) is 11.7. The molecule has 2 radical (unpaired) electrons. The van der Waals surface area contributed by atoms with E-state index in [0.717, 1.165) is 5.69 Å². The average Bonchev–Trinajstić information content (AvgIpc) is 2.38. The van der Waals surface area contributed by atoms with Gasteiger partial charge in [-0.3, -0.25) is 4.99 Å². The summed E-state index contributed by atoms with van der Waals surface area (Å²) in [6, 6.07) is 8.79. The van der Waals surface area contributed by atoms with Crippen LogP contribution in [0.25, 0.3) is 0 Å². The van der Waals surface area contributed by atoms with Gasteiger partial charge in [0.25, 0.3) is 0 Å². The Bertz CT molecular complexity index is 357. The van der Waals surface area contributed by atoms with E-state index >= 15 is 0 Å². The maximum atomic E-state index is 4.69. The van der Waals surface area contributed by atoms with Crippen molar-refractivity contribution in [3.05, 3.63) is 29.8 Å². The quantitative estimate of drug-likeness (QED) is 0.624. The van der Waals surface area contributed by atoms with Gasteiger partial charge >= 0.3 is 16.5 Å². The van der Waals surface area contributed by atoms with E-state index in [-0.39, 0.29) is 0 Å². The SMILES string of the molecule is [Al][NH]c1ccccc1C=NC1CCCCC1. The molecule has 1 aromatic carbocycles. The molecule has 1 aliphatic rings. The minimum atomic E-state index is 0.548. The highest BCUT2D eigenvalue weighted by molar-refractivity contribution is 6.17. The van der Waals surface area contributed by atoms with Crippen LogP contribution < -0.4 is 4.30 Å². The van der Waals surface area contributed by atoms with Crippen LogP contribution in [-0.2, 0) is 0 Å². The summed E-state index contributed by atoms with van der Waals surface area (Å²) in [5.74, 6) is 0. The van der Waals surface area contributed by atoms with Crippen LogP contribution in [0.15, 0.2) is 29.3 Å². The fraction of sp³-hybridized carbons (Fsp3) is 0.462. The van der Waals surface area contributed by atoms with Crippen LogP contribution >= 0.6 is 0 Å². The van der Waals surface area contributed by atoms with Gasteiger partial charge < -0.3 is 4.30 Å². The third-order valence-electron chi connectivity index (χ3n) is 3.12. The standard InChI is InChI=1S/C13H17N2.Al/c14-13-9-5-4-6-11(13)10-15-12-7-2-1-3-8-12;/h4-6,9-10,12,14H,1-3,7-8H2;/q-1;+1. The molecule has 0 atom stereocenters. The number of benzene rings is 1. The van der Waals surface area contributed by atoms with E-state index in [9.17, 15) is 0 Å². The number of nitrogens with one attached hydrogen (secondary N) is 1. The summed E-state index contributed by atoms with van der Waals surface area (Å²) in [5.41, 5.74) is 2.29. The molecule has 0 aliphatic heterocycles. The fourth-order valence-corrected chi connectivity index (χ4v) is 2.42. The first-order valence-corrected chi connectivity index (χ1v) is 6.56. The summed E-state index contributed by atoms with van der Waals surface area (Å²) in [7, 11) is 0. The lowest BCUT2D eigenvalue weighted by Crippen LogP contribution is -2.09. The zero-order chi connectivity index (χ0) is 11.2. The van der Waals surface area contributed by atoms with Gasteiger partial charge in [0.05, 0.1) is 0 Å². The monoisotopic (exact) mass is 228 g/mol. The maximum Gasteiger partial charge on any atom is 0.305 e. The lowest BCUT2D eigenvalue weighted by molar-refractivity contribution is 0.444. The van der Waals surface area contributed by atoms with Gasteiger partial charge in [0.15, 0.2) is 0 Å². The summed E-state index contributed by atoms with van der Waals surface area (Å²) in [6.45, 7) is 0. The van der Waals surface area contributed by atoms with Crippen molar-refractivity contribution in [1.82, 2.24) is 0 Å². The second-order valence-electron chi connectivity index (χ2n) is 4.30. The van der Waals surface area contributed by atoms with Crippen molar-refractivity contribution in [3.63, 3.8) is 0 Å². The van der Waals surface area contributed by atoms with Crippen LogP contribution in [0.4, 0.5) is 5.69 Å². The Balaban J connectivity index is 2.04. The van der Waals surface area contributed by atoms with Gasteiger partial charge in [-0.25, -0.2) is 0 Å². The third-order valence-corrected chi connectivity index (χ3v) is 3.43. The number of hydrogen-bond donors (Lipinski definition) is 1. The Morgan fingerprint density at radius 2 is 1.94 bits per heavy atom. The molecule has 0 heterocycles. The second kappa shape index (κ2) is 6.08. The molecule has 1 aliphatic carbocycles. The highest BCUT2D eigenvalue weighted by Crippen LogP contribution is 2.20. The summed E-state index contributed by atoms with van der Waals surface area (Å²) in [5, 5.41) is 0. The molecular formula is C13H17AlN2. The van der Waals surface area contributed by atoms with E-state index in [1.807, 2.05) is 18.3 Å². The minimum absolute atomic E-state index is 0.548. The maximum absolute atomic E-state index is 4.69. The molecule has 0 spiro atoms. The smallest absolute Gasteiger partial charge is 0.305 e. The summed E-state index contributed by atoms with van der Waals surface area (Å²) in [6.07, 6.45) is 8.59. The molecule has 1 N–H and O–H groups in total. The van der Waals surface area contributed by atoms with Crippen LogP contribution in [0.2, 0.25) is 0 Å². The second-order valence-corrected chi connectivity index (χ2v) is 4.59. The number of aliphatic imine (C=N–C) groups is 1. The molecule has 3 heteroatoms. The molecule has 0 aromatic heterocycles.